The Balaban J connectivity index is 1.59. The van der Waals surface area contributed by atoms with Gasteiger partial charge in [0, 0.05) is 25.0 Å². The Morgan fingerprint density at radius 3 is 2.90 bits per heavy atom. The Labute approximate surface area is 180 Å². The molecule has 0 bridgehead atoms. The van der Waals surface area contributed by atoms with E-state index < -0.39 is 0 Å². The maximum Gasteiger partial charge on any atom is 0.258 e. The van der Waals surface area contributed by atoms with Crippen molar-refractivity contribution in [2.75, 3.05) is 19.7 Å². The molecule has 1 aromatic carbocycles. The Kier molecular flexibility index (Phi) is 5.56. The average molecular weight is 426 g/mol. The number of tetrazole rings is 1. The number of rotatable bonds is 5. The zero-order chi connectivity index (χ0) is 21.4. The smallest absolute Gasteiger partial charge is 0.258 e. The molecule has 0 radical (unpaired) electrons. The molecule has 0 spiro atoms. The van der Waals surface area contributed by atoms with E-state index in [1.165, 1.54) is 4.90 Å². The van der Waals surface area contributed by atoms with Crippen LogP contribution < -0.4 is 10.5 Å². The number of quaternary nitrogens is 1. The summed E-state index contributed by atoms with van der Waals surface area (Å²) >= 11 is 0. The van der Waals surface area contributed by atoms with Crippen LogP contribution in [-0.2, 0) is 11.3 Å². The van der Waals surface area contributed by atoms with Crippen molar-refractivity contribution < 1.29 is 14.7 Å². The van der Waals surface area contributed by atoms with Crippen LogP contribution in [0, 0.1) is 6.92 Å². The number of piperidine rings is 1. The first-order valence-electron chi connectivity index (χ1n) is 11.1. The molecule has 9 nitrogen and oxygen atoms in total. The average Bonchev–Trinajstić information content (AvgIpc) is 3.43. The third-order valence-corrected chi connectivity index (χ3v) is 6.56. The summed E-state index contributed by atoms with van der Waals surface area (Å²) in [4.78, 5) is 17.4. The van der Waals surface area contributed by atoms with Gasteiger partial charge in [-0.15, -0.1) is 5.10 Å². The van der Waals surface area contributed by atoms with Crippen LogP contribution in [0.25, 0.3) is 10.9 Å². The van der Waals surface area contributed by atoms with Gasteiger partial charge in [0.2, 0.25) is 5.82 Å². The van der Waals surface area contributed by atoms with Gasteiger partial charge in [0.1, 0.15) is 0 Å². The van der Waals surface area contributed by atoms with Gasteiger partial charge in [0.15, 0.2) is 6.04 Å². The number of aliphatic hydroxyl groups excluding tert-OH is 1. The van der Waals surface area contributed by atoms with Crippen LogP contribution in [0.2, 0.25) is 0 Å². The minimum atomic E-state index is -0.308. The highest BCUT2D eigenvalue weighted by Crippen LogP contribution is 2.21. The lowest BCUT2D eigenvalue weighted by molar-refractivity contribution is -0.932. The summed E-state index contributed by atoms with van der Waals surface area (Å²) in [6, 6.07) is 7.69. The quantitative estimate of drug-likeness (QED) is 0.536. The number of aliphatic hydroxyl groups is 1. The summed E-state index contributed by atoms with van der Waals surface area (Å²) in [5, 5.41) is 23.6. The fourth-order valence-corrected chi connectivity index (χ4v) is 4.89. The van der Waals surface area contributed by atoms with Crippen molar-refractivity contribution in [2.45, 2.75) is 57.4 Å². The van der Waals surface area contributed by atoms with Crippen LogP contribution in [0.15, 0.2) is 29.1 Å². The lowest BCUT2D eigenvalue weighted by Crippen LogP contribution is -3.14. The van der Waals surface area contributed by atoms with Crippen LogP contribution >= 0.6 is 0 Å². The molecule has 4 heterocycles. The molecule has 31 heavy (non-hydrogen) atoms. The third kappa shape index (κ3) is 4.13. The molecule has 9 heteroatoms. The van der Waals surface area contributed by atoms with Gasteiger partial charge in [0.05, 0.1) is 37.4 Å². The second-order valence-corrected chi connectivity index (χ2v) is 8.82. The van der Waals surface area contributed by atoms with E-state index in [2.05, 4.69) is 26.6 Å². The fourth-order valence-electron chi connectivity index (χ4n) is 4.89. The summed E-state index contributed by atoms with van der Waals surface area (Å²) in [7, 11) is 0. The van der Waals surface area contributed by atoms with Crippen molar-refractivity contribution in [1.82, 2.24) is 25.2 Å². The SMILES string of the molecule is Cc1ccc2[nH]c(=O)c([C@H](c3nnnn3C[C@@H]3CCCO3)[NH+]3CCC(O)CC3)cc2c1. The van der Waals surface area contributed by atoms with E-state index >= 15 is 0 Å². The largest absolute Gasteiger partial charge is 0.393 e. The number of hydrogen-bond donors (Lipinski definition) is 3. The fraction of sp³-hybridized carbons (Fsp3) is 0.545. The van der Waals surface area contributed by atoms with Gasteiger partial charge in [0.25, 0.3) is 5.56 Å². The van der Waals surface area contributed by atoms with E-state index in [0.29, 0.717) is 30.8 Å². The summed E-state index contributed by atoms with van der Waals surface area (Å²) in [5.74, 6) is 0.680. The molecule has 2 atom stereocenters. The second kappa shape index (κ2) is 8.49. The Morgan fingerprint density at radius 2 is 2.13 bits per heavy atom. The van der Waals surface area contributed by atoms with E-state index in [9.17, 15) is 9.90 Å². The second-order valence-electron chi connectivity index (χ2n) is 8.82. The van der Waals surface area contributed by atoms with Crippen LogP contribution in [0.4, 0.5) is 0 Å². The normalized spacial score (nSPS) is 25.2. The molecule has 2 saturated heterocycles. The predicted molar refractivity (Wildman–Crippen MR) is 114 cm³/mol. The topological polar surface area (TPSA) is 110 Å². The van der Waals surface area contributed by atoms with Crippen molar-refractivity contribution in [3.05, 3.63) is 51.6 Å². The standard InChI is InChI=1S/C22H28N6O3/c1-14-4-5-19-15(11-14)12-18(22(30)23-19)20(27-8-6-16(29)7-9-27)21-24-25-26-28(21)13-17-3-2-10-31-17/h4-5,11-12,16-17,20,29H,2-3,6-10,13H2,1H3,(H,23,30)/p+1/t17-,20+/m0/s1. The molecule has 2 aromatic heterocycles. The third-order valence-electron chi connectivity index (χ3n) is 6.56. The van der Waals surface area contributed by atoms with E-state index in [1.54, 1.807) is 4.68 Å². The Bertz CT molecular complexity index is 1110. The van der Waals surface area contributed by atoms with Crippen LogP contribution in [0.3, 0.4) is 0 Å². The highest BCUT2D eigenvalue weighted by atomic mass is 16.5. The summed E-state index contributed by atoms with van der Waals surface area (Å²) in [6.45, 7) is 4.90. The number of H-pyrrole nitrogens is 1. The molecule has 5 rings (SSSR count). The zero-order valence-corrected chi connectivity index (χ0v) is 17.8. The van der Waals surface area contributed by atoms with E-state index in [0.717, 1.165) is 49.0 Å². The first kappa shape index (κ1) is 20.3. The summed E-state index contributed by atoms with van der Waals surface area (Å²) in [6.07, 6.45) is 3.24. The van der Waals surface area contributed by atoms with E-state index in [-0.39, 0.29) is 23.8 Å². The van der Waals surface area contributed by atoms with Crippen molar-refractivity contribution in [1.29, 1.82) is 0 Å². The molecule has 3 N–H and O–H groups in total. The number of fused-ring (bicyclic) bond motifs is 1. The van der Waals surface area contributed by atoms with E-state index in [1.807, 2.05) is 25.1 Å². The van der Waals surface area contributed by atoms with Gasteiger partial charge in [-0.1, -0.05) is 11.6 Å². The van der Waals surface area contributed by atoms with Gasteiger partial charge >= 0.3 is 0 Å². The molecule has 164 valence electrons. The minimum absolute atomic E-state index is 0.0959. The lowest BCUT2D eigenvalue weighted by atomic mass is 9.99. The summed E-state index contributed by atoms with van der Waals surface area (Å²) in [5.41, 5.74) is 2.50. The predicted octanol–water partition coefficient (Wildman–Crippen LogP) is 0.131. The zero-order valence-electron chi connectivity index (χ0n) is 17.8. The summed E-state index contributed by atoms with van der Waals surface area (Å²) < 4.78 is 7.60. The lowest BCUT2D eigenvalue weighted by Gasteiger charge is -2.32. The Morgan fingerprint density at radius 1 is 1.29 bits per heavy atom. The van der Waals surface area contributed by atoms with Gasteiger partial charge in [-0.05, 0) is 53.8 Å². The molecule has 0 amide bonds. The molecular weight excluding hydrogens is 396 g/mol. The Hall–Kier alpha value is -2.62. The number of aromatic amines is 1. The molecule has 0 saturated carbocycles. The molecule has 2 fully saturated rings. The number of likely N-dealkylation sites (tertiary alicyclic amines) is 1. The highest BCUT2D eigenvalue weighted by molar-refractivity contribution is 5.79. The van der Waals surface area contributed by atoms with Crippen molar-refractivity contribution in [3.8, 4) is 0 Å². The molecule has 0 aliphatic carbocycles. The van der Waals surface area contributed by atoms with Crippen molar-refractivity contribution in [2.24, 2.45) is 0 Å². The number of nitrogens with one attached hydrogen (secondary N) is 2. The van der Waals surface area contributed by atoms with Gasteiger partial charge < -0.3 is 19.7 Å². The molecule has 2 aliphatic rings. The number of benzene rings is 1. The first-order chi connectivity index (χ1) is 15.1. The number of aromatic nitrogens is 5. The highest BCUT2D eigenvalue weighted by Gasteiger charge is 2.36. The van der Waals surface area contributed by atoms with E-state index in [4.69, 9.17) is 4.74 Å². The number of ether oxygens (including phenoxy) is 1. The molecule has 3 aromatic rings. The number of pyridine rings is 1. The maximum atomic E-state index is 13.2. The first-order valence-corrected chi connectivity index (χ1v) is 11.1. The van der Waals surface area contributed by atoms with Crippen LogP contribution in [-0.4, -0.2) is 62.2 Å². The molecule has 2 aliphatic heterocycles. The van der Waals surface area contributed by atoms with Crippen LogP contribution in [0.5, 0.6) is 0 Å². The van der Waals surface area contributed by atoms with Gasteiger partial charge in [-0.2, -0.15) is 0 Å². The monoisotopic (exact) mass is 425 g/mol. The maximum absolute atomic E-state index is 13.2. The van der Waals surface area contributed by atoms with Crippen molar-refractivity contribution in [3.63, 3.8) is 0 Å². The number of nitrogens with zero attached hydrogens (tertiary/aromatic N) is 4. The minimum Gasteiger partial charge on any atom is -0.393 e. The van der Waals surface area contributed by atoms with Crippen LogP contribution in [0.1, 0.15) is 48.7 Å². The molecular formula is C22H29N6O3+. The van der Waals surface area contributed by atoms with Crippen molar-refractivity contribution >= 4 is 10.9 Å². The number of aryl methyl sites for hydroxylation is 1. The number of hydrogen-bond acceptors (Lipinski definition) is 6. The molecule has 0 unspecified atom stereocenters. The van der Waals surface area contributed by atoms with Gasteiger partial charge in [-0.3, -0.25) is 4.79 Å². The van der Waals surface area contributed by atoms with Gasteiger partial charge in [-0.25, -0.2) is 4.68 Å².